The molecule has 104 valence electrons. The number of rotatable bonds is 4. The molecule has 0 saturated heterocycles. The van der Waals surface area contributed by atoms with Crippen LogP contribution in [0.15, 0.2) is 16.6 Å². The van der Waals surface area contributed by atoms with Gasteiger partial charge in [0.1, 0.15) is 11.6 Å². The Kier molecular flexibility index (Phi) is 4.48. The van der Waals surface area contributed by atoms with Gasteiger partial charge in [-0.3, -0.25) is 0 Å². The molecule has 19 heavy (non-hydrogen) atoms. The quantitative estimate of drug-likeness (QED) is 0.787. The number of fused-ring (bicyclic) bond motifs is 1. The van der Waals surface area contributed by atoms with Crippen molar-refractivity contribution in [3.8, 4) is 0 Å². The van der Waals surface area contributed by atoms with Gasteiger partial charge in [0, 0.05) is 18.7 Å². The summed E-state index contributed by atoms with van der Waals surface area (Å²) in [5.74, 6) is 0.774. The number of hydrogen-bond donors (Lipinski definition) is 0. The summed E-state index contributed by atoms with van der Waals surface area (Å²) in [4.78, 5) is 6.52. The van der Waals surface area contributed by atoms with E-state index in [1.807, 2.05) is 14.1 Å². The van der Waals surface area contributed by atoms with Gasteiger partial charge in [-0.2, -0.15) is 0 Å². The molecule has 0 N–H and O–H groups in total. The molecule has 3 nitrogen and oxygen atoms in total. The van der Waals surface area contributed by atoms with Crippen molar-refractivity contribution in [2.24, 2.45) is 0 Å². The van der Waals surface area contributed by atoms with E-state index in [9.17, 15) is 4.39 Å². The third-order valence-electron chi connectivity index (χ3n) is 3.32. The second-order valence-corrected chi connectivity index (χ2v) is 5.96. The van der Waals surface area contributed by atoms with Gasteiger partial charge in [0.2, 0.25) is 0 Å². The van der Waals surface area contributed by atoms with Gasteiger partial charge in [-0.15, -0.1) is 11.6 Å². The second kappa shape index (κ2) is 5.77. The maximum atomic E-state index is 13.5. The predicted molar refractivity (Wildman–Crippen MR) is 80.1 cm³/mol. The number of likely N-dealkylation sites (N-methyl/N-ethyl adjacent to an activating group) is 1. The average Bonchev–Trinajstić information content (AvgIpc) is 2.67. The monoisotopic (exact) mass is 347 g/mol. The molecule has 0 aliphatic heterocycles. The Hall–Kier alpha value is -0.650. The zero-order chi connectivity index (χ0) is 14.2. The van der Waals surface area contributed by atoms with Crippen molar-refractivity contribution in [1.82, 2.24) is 14.5 Å². The maximum Gasteiger partial charge on any atom is 0.139 e. The van der Waals surface area contributed by atoms with Gasteiger partial charge in [-0.1, -0.05) is 0 Å². The topological polar surface area (TPSA) is 21.1 Å². The van der Waals surface area contributed by atoms with Crippen LogP contribution in [0, 0.1) is 5.82 Å². The van der Waals surface area contributed by atoms with Crippen molar-refractivity contribution in [3.63, 3.8) is 0 Å². The van der Waals surface area contributed by atoms with Crippen LogP contribution in [0.1, 0.15) is 12.7 Å². The third kappa shape index (κ3) is 2.93. The fourth-order valence-corrected chi connectivity index (χ4v) is 2.44. The molecule has 0 amide bonds. The minimum atomic E-state index is -0.307. The summed E-state index contributed by atoms with van der Waals surface area (Å²) in [5, 5.41) is 0. The average molecular weight is 349 g/mol. The fourth-order valence-electron chi connectivity index (χ4n) is 1.90. The minimum absolute atomic E-state index is 0.307. The lowest BCUT2D eigenvalue weighted by atomic mass is 10.2. The first kappa shape index (κ1) is 14.8. The van der Waals surface area contributed by atoms with Gasteiger partial charge in [0.15, 0.2) is 0 Å². The molecule has 1 aromatic carbocycles. The van der Waals surface area contributed by atoms with Crippen LogP contribution in [0.4, 0.5) is 4.39 Å². The highest BCUT2D eigenvalue weighted by Gasteiger charge is 2.15. The van der Waals surface area contributed by atoms with E-state index in [2.05, 4.69) is 37.3 Å². The number of halogens is 3. The number of hydrogen-bond acceptors (Lipinski definition) is 2. The van der Waals surface area contributed by atoms with E-state index in [1.165, 1.54) is 6.07 Å². The number of imidazole rings is 1. The van der Waals surface area contributed by atoms with Crippen LogP contribution in [-0.2, 0) is 12.4 Å². The molecule has 1 atom stereocenters. The molecule has 2 aromatic rings. The van der Waals surface area contributed by atoms with E-state index in [-0.39, 0.29) is 5.82 Å². The molecule has 6 heteroatoms. The highest BCUT2D eigenvalue weighted by molar-refractivity contribution is 9.10. The highest BCUT2D eigenvalue weighted by atomic mass is 79.9. The number of nitrogens with zero attached hydrogens (tertiary/aromatic N) is 3. The molecule has 0 spiro atoms. The molecule has 0 bridgehead atoms. The molecule has 2 rings (SSSR count). The summed E-state index contributed by atoms with van der Waals surface area (Å²) in [6.45, 7) is 2.89. The van der Waals surface area contributed by atoms with E-state index in [0.29, 0.717) is 21.9 Å². The Morgan fingerprint density at radius 2 is 2.16 bits per heavy atom. The Bertz CT molecular complexity index is 597. The van der Waals surface area contributed by atoms with Crippen LogP contribution in [0.2, 0.25) is 0 Å². The third-order valence-corrected chi connectivity index (χ3v) is 4.16. The summed E-state index contributed by atoms with van der Waals surface area (Å²) in [7, 11) is 4.06. The van der Waals surface area contributed by atoms with Gasteiger partial charge in [0.25, 0.3) is 0 Å². The molecule has 0 fully saturated rings. The smallest absolute Gasteiger partial charge is 0.139 e. The highest BCUT2D eigenvalue weighted by Crippen LogP contribution is 2.25. The first-order chi connectivity index (χ1) is 8.93. The zero-order valence-corrected chi connectivity index (χ0v) is 13.5. The summed E-state index contributed by atoms with van der Waals surface area (Å²) in [6, 6.07) is 3.53. The fraction of sp³-hybridized carbons (Fsp3) is 0.462. The van der Waals surface area contributed by atoms with Crippen LogP contribution in [-0.4, -0.2) is 34.6 Å². The number of aromatic nitrogens is 2. The van der Waals surface area contributed by atoms with Crippen molar-refractivity contribution in [3.05, 3.63) is 28.2 Å². The molecule has 1 unspecified atom stereocenters. The predicted octanol–water partition coefficient (Wildman–Crippen LogP) is 3.63. The molecule has 0 aliphatic rings. The normalized spacial score (nSPS) is 13.4. The molecule has 1 aromatic heterocycles. The standard InChI is InChI=1S/C13H16BrClFN3/c1-8(18(2)3)7-19-12-4-9(14)10(16)5-11(12)17-13(19)6-15/h4-5,8H,6-7H2,1-3H3. The number of benzene rings is 1. The van der Waals surface area contributed by atoms with Crippen molar-refractivity contribution in [2.45, 2.75) is 25.4 Å². The zero-order valence-electron chi connectivity index (χ0n) is 11.1. The van der Waals surface area contributed by atoms with Crippen LogP contribution in [0.3, 0.4) is 0 Å². The minimum Gasteiger partial charge on any atom is -0.325 e. The van der Waals surface area contributed by atoms with E-state index < -0.39 is 0 Å². The van der Waals surface area contributed by atoms with Gasteiger partial charge in [0.05, 0.1) is 21.4 Å². The summed E-state index contributed by atoms with van der Waals surface area (Å²) in [6.07, 6.45) is 0. The van der Waals surface area contributed by atoms with Crippen molar-refractivity contribution in [2.75, 3.05) is 14.1 Å². The molecule has 1 heterocycles. The summed E-state index contributed by atoms with van der Waals surface area (Å²) >= 11 is 9.16. The maximum absolute atomic E-state index is 13.5. The molecular weight excluding hydrogens is 333 g/mol. The molecule has 0 radical (unpaired) electrons. The van der Waals surface area contributed by atoms with E-state index in [4.69, 9.17) is 11.6 Å². The summed E-state index contributed by atoms with van der Waals surface area (Å²) < 4.78 is 16.0. The van der Waals surface area contributed by atoms with E-state index >= 15 is 0 Å². The van der Waals surface area contributed by atoms with Crippen molar-refractivity contribution in [1.29, 1.82) is 0 Å². The largest absolute Gasteiger partial charge is 0.325 e. The van der Waals surface area contributed by atoms with Crippen molar-refractivity contribution < 1.29 is 4.39 Å². The Morgan fingerprint density at radius 3 is 2.74 bits per heavy atom. The Morgan fingerprint density at radius 1 is 1.47 bits per heavy atom. The summed E-state index contributed by atoms with van der Waals surface area (Å²) in [5.41, 5.74) is 1.54. The molecule has 0 saturated carbocycles. The van der Waals surface area contributed by atoms with Crippen LogP contribution in [0.25, 0.3) is 11.0 Å². The van der Waals surface area contributed by atoms with Crippen LogP contribution >= 0.6 is 27.5 Å². The second-order valence-electron chi connectivity index (χ2n) is 4.84. The van der Waals surface area contributed by atoms with Gasteiger partial charge >= 0.3 is 0 Å². The lowest BCUT2D eigenvalue weighted by Gasteiger charge is -2.21. The first-order valence-corrected chi connectivity index (χ1v) is 7.33. The Balaban J connectivity index is 2.53. The van der Waals surface area contributed by atoms with Crippen molar-refractivity contribution >= 4 is 38.6 Å². The van der Waals surface area contributed by atoms with Crippen LogP contribution in [0.5, 0.6) is 0 Å². The van der Waals surface area contributed by atoms with Gasteiger partial charge < -0.3 is 9.47 Å². The lowest BCUT2D eigenvalue weighted by Crippen LogP contribution is -2.29. The molecular formula is C13H16BrClFN3. The number of alkyl halides is 1. The van der Waals surface area contributed by atoms with Gasteiger partial charge in [-0.05, 0) is 43.0 Å². The lowest BCUT2D eigenvalue weighted by molar-refractivity contribution is 0.284. The molecule has 0 aliphatic carbocycles. The SMILES string of the molecule is CC(Cn1c(CCl)nc2cc(F)c(Br)cc21)N(C)C. The first-order valence-electron chi connectivity index (χ1n) is 6.00. The van der Waals surface area contributed by atoms with Gasteiger partial charge in [-0.25, -0.2) is 9.37 Å². The Labute approximate surface area is 125 Å². The van der Waals surface area contributed by atoms with E-state index in [0.717, 1.165) is 17.9 Å². The van der Waals surface area contributed by atoms with E-state index in [1.54, 1.807) is 6.07 Å². The van der Waals surface area contributed by atoms with Crippen LogP contribution < -0.4 is 0 Å².